The van der Waals surface area contributed by atoms with Gasteiger partial charge in [0.1, 0.15) is 5.82 Å². The fourth-order valence-electron chi connectivity index (χ4n) is 2.15. The molecule has 1 heterocycles. The zero-order valence-electron chi connectivity index (χ0n) is 10.4. The Hall–Kier alpha value is -0.930. The summed E-state index contributed by atoms with van der Waals surface area (Å²) in [6.07, 6.45) is 2.44. The maximum absolute atomic E-state index is 12.7. The van der Waals surface area contributed by atoms with Crippen LogP contribution in [-0.2, 0) is 11.3 Å². The number of hydrogen-bond acceptors (Lipinski definition) is 2. The first kappa shape index (κ1) is 12.5. The van der Waals surface area contributed by atoms with Gasteiger partial charge in [-0.05, 0) is 56.6 Å². The van der Waals surface area contributed by atoms with Gasteiger partial charge in [-0.3, -0.25) is 0 Å². The standard InChI is InChI=1S/C14H20FNO/c1-16-8-6-13(7-9-16)11-17-10-12-2-4-14(15)5-3-12/h2-5,13H,6-11H2,1H3. The van der Waals surface area contributed by atoms with Gasteiger partial charge in [-0.15, -0.1) is 0 Å². The molecule has 1 fully saturated rings. The van der Waals surface area contributed by atoms with Crippen molar-refractivity contribution >= 4 is 0 Å². The van der Waals surface area contributed by atoms with E-state index in [1.54, 1.807) is 12.1 Å². The summed E-state index contributed by atoms with van der Waals surface area (Å²) in [6, 6.07) is 6.52. The largest absolute Gasteiger partial charge is 0.376 e. The summed E-state index contributed by atoms with van der Waals surface area (Å²) in [7, 11) is 2.16. The van der Waals surface area contributed by atoms with Gasteiger partial charge in [0.2, 0.25) is 0 Å². The van der Waals surface area contributed by atoms with Gasteiger partial charge in [-0.25, -0.2) is 4.39 Å². The maximum atomic E-state index is 12.7. The molecule has 1 aromatic rings. The van der Waals surface area contributed by atoms with Crippen LogP contribution in [0.5, 0.6) is 0 Å². The quantitative estimate of drug-likeness (QED) is 0.798. The molecule has 2 nitrogen and oxygen atoms in total. The van der Waals surface area contributed by atoms with Gasteiger partial charge in [0.05, 0.1) is 6.61 Å². The topological polar surface area (TPSA) is 12.5 Å². The lowest BCUT2D eigenvalue weighted by Gasteiger charge is -2.28. The summed E-state index contributed by atoms with van der Waals surface area (Å²) < 4.78 is 18.4. The summed E-state index contributed by atoms with van der Waals surface area (Å²) in [5.74, 6) is 0.496. The van der Waals surface area contributed by atoms with Crippen LogP contribution in [0.3, 0.4) is 0 Å². The molecule has 0 unspecified atom stereocenters. The highest BCUT2D eigenvalue weighted by molar-refractivity contribution is 5.14. The summed E-state index contributed by atoms with van der Waals surface area (Å²) in [5.41, 5.74) is 1.04. The molecule has 94 valence electrons. The van der Waals surface area contributed by atoms with Crippen LogP contribution >= 0.6 is 0 Å². The Kier molecular flexibility index (Phi) is 4.51. The third-order valence-corrected chi connectivity index (χ3v) is 3.37. The van der Waals surface area contributed by atoms with Crippen molar-refractivity contribution in [2.45, 2.75) is 19.4 Å². The normalized spacial score (nSPS) is 18.5. The van der Waals surface area contributed by atoms with E-state index in [-0.39, 0.29) is 5.82 Å². The number of nitrogens with zero attached hydrogens (tertiary/aromatic N) is 1. The summed E-state index contributed by atoms with van der Waals surface area (Å²) in [4.78, 5) is 2.36. The van der Waals surface area contributed by atoms with Gasteiger partial charge >= 0.3 is 0 Å². The molecule has 0 N–H and O–H groups in total. The molecule has 0 atom stereocenters. The van der Waals surface area contributed by atoms with Crippen LogP contribution in [0.2, 0.25) is 0 Å². The molecule has 0 amide bonds. The van der Waals surface area contributed by atoms with Crippen LogP contribution in [0, 0.1) is 11.7 Å². The van der Waals surface area contributed by atoms with Crippen molar-refractivity contribution in [1.29, 1.82) is 0 Å². The van der Waals surface area contributed by atoms with Crippen molar-refractivity contribution in [3.8, 4) is 0 Å². The monoisotopic (exact) mass is 237 g/mol. The predicted molar refractivity (Wildman–Crippen MR) is 66.3 cm³/mol. The summed E-state index contributed by atoms with van der Waals surface area (Å²) in [5, 5.41) is 0. The van der Waals surface area contributed by atoms with Crippen LogP contribution < -0.4 is 0 Å². The number of rotatable bonds is 4. The fourth-order valence-corrected chi connectivity index (χ4v) is 2.15. The van der Waals surface area contributed by atoms with Gasteiger partial charge in [-0.1, -0.05) is 12.1 Å². The van der Waals surface area contributed by atoms with Crippen molar-refractivity contribution < 1.29 is 9.13 Å². The maximum Gasteiger partial charge on any atom is 0.123 e. The van der Waals surface area contributed by atoms with E-state index in [0.29, 0.717) is 12.5 Å². The minimum Gasteiger partial charge on any atom is -0.376 e. The Morgan fingerprint density at radius 2 is 1.88 bits per heavy atom. The average molecular weight is 237 g/mol. The molecule has 1 saturated heterocycles. The van der Waals surface area contributed by atoms with Crippen LogP contribution in [0.15, 0.2) is 24.3 Å². The smallest absolute Gasteiger partial charge is 0.123 e. The van der Waals surface area contributed by atoms with Gasteiger partial charge in [-0.2, -0.15) is 0 Å². The molecule has 1 aromatic carbocycles. The molecule has 0 bridgehead atoms. The first-order valence-corrected chi connectivity index (χ1v) is 6.25. The van der Waals surface area contributed by atoms with E-state index >= 15 is 0 Å². The molecule has 0 aliphatic carbocycles. The highest BCUT2D eigenvalue weighted by atomic mass is 19.1. The molecule has 1 aliphatic rings. The Morgan fingerprint density at radius 3 is 2.53 bits per heavy atom. The zero-order chi connectivity index (χ0) is 12.1. The Bertz CT molecular complexity index is 331. The van der Waals surface area contributed by atoms with Crippen molar-refractivity contribution in [3.05, 3.63) is 35.6 Å². The van der Waals surface area contributed by atoms with Crippen molar-refractivity contribution in [2.75, 3.05) is 26.7 Å². The van der Waals surface area contributed by atoms with Crippen LogP contribution in [0.1, 0.15) is 18.4 Å². The molecular formula is C14H20FNO. The molecule has 0 radical (unpaired) electrons. The van der Waals surface area contributed by atoms with Gasteiger partial charge in [0.15, 0.2) is 0 Å². The number of hydrogen-bond donors (Lipinski definition) is 0. The number of benzene rings is 1. The molecule has 0 saturated carbocycles. The second-order valence-corrected chi connectivity index (χ2v) is 4.89. The minimum absolute atomic E-state index is 0.191. The Labute approximate surface area is 102 Å². The highest BCUT2D eigenvalue weighted by Gasteiger charge is 2.16. The Morgan fingerprint density at radius 1 is 1.24 bits per heavy atom. The second kappa shape index (κ2) is 6.12. The lowest BCUT2D eigenvalue weighted by Crippen LogP contribution is -2.31. The second-order valence-electron chi connectivity index (χ2n) is 4.89. The number of halogens is 1. The van der Waals surface area contributed by atoms with Crippen LogP contribution in [-0.4, -0.2) is 31.6 Å². The first-order valence-electron chi connectivity index (χ1n) is 6.25. The summed E-state index contributed by atoms with van der Waals surface area (Å²) in [6.45, 7) is 3.76. The Balaban J connectivity index is 1.67. The van der Waals surface area contributed by atoms with E-state index in [1.807, 2.05) is 0 Å². The third-order valence-electron chi connectivity index (χ3n) is 3.37. The lowest BCUT2D eigenvalue weighted by molar-refractivity contribution is 0.0622. The summed E-state index contributed by atoms with van der Waals surface area (Å²) >= 11 is 0. The molecule has 1 aliphatic heterocycles. The van der Waals surface area contributed by atoms with Crippen LogP contribution in [0.25, 0.3) is 0 Å². The lowest BCUT2D eigenvalue weighted by atomic mass is 9.98. The number of piperidine rings is 1. The molecule has 0 spiro atoms. The molecule has 3 heteroatoms. The van der Waals surface area contributed by atoms with Crippen molar-refractivity contribution in [1.82, 2.24) is 4.90 Å². The van der Waals surface area contributed by atoms with Gasteiger partial charge < -0.3 is 9.64 Å². The van der Waals surface area contributed by atoms with Gasteiger partial charge in [0.25, 0.3) is 0 Å². The van der Waals surface area contributed by atoms with Crippen molar-refractivity contribution in [3.63, 3.8) is 0 Å². The van der Waals surface area contributed by atoms with E-state index in [0.717, 1.165) is 12.2 Å². The SMILES string of the molecule is CN1CCC(COCc2ccc(F)cc2)CC1. The highest BCUT2D eigenvalue weighted by Crippen LogP contribution is 2.16. The average Bonchev–Trinajstić information content (AvgIpc) is 2.34. The zero-order valence-corrected chi connectivity index (χ0v) is 10.4. The number of likely N-dealkylation sites (tertiary alicyclic amines) is 1. The fraction of sp³-hybridized carbons (Fsp3) is 0.571. The van der Waals surface area contributed by atoms with Crippen molar-refractivity contribution in [2.24, 2.45) is 5.92 Å². The molecule has 2 rings (SSSR count). The molecule has 0 aromatic heterocycles. The molecule has 17 heavy (non-hydrogen) atoms. The van der Waals surface area contributed by atoms with E-state index in [9.17, 15) is 4.39 Å². The molecular weight excluding hydrogens is 217 g/mol. The minimum atomic E-state index is -0.191. The van der Waals surface area contributed by atoms with Crippen LogP contribution in [0.4, 0.5) is 4.39 Å². The predicted octanol–water partition coefficient (Wildman–Crippen LogP) is 2.68. The number of ether oxygens (including phenoxy) is 1. The van der Waals surface area contributed by atoms with E-state index in [4.69, 9.17) is 4.74 Å². The third kappa shape index (κ3) is 4.10. The van der Waals surface area contributed by atoms with E-state index < -0.39 is 0 Å². The first-order chi connectivity index (χ1) is 8.24. The van der Waals surface area contributed by atoms with Gasteiger partial charge in [0, 0.05) is 6.61 Å². The van der Waals surface area contributed by atoms with E-state index in [1.165, 1.54) is 38.1 Å². The van der Waals surface area contributed by atoms with E-state index in [2.05, 4.69) is 11.9 Å².